The zero-order valence-electron chi connectivity index (χ0n) is 12.9. The predicted molar refractivity (Wildman–Crippen MR) is 87.7 cm³/mol. The van der Waals surface area contributed by atoms with E-state index in [-0.39, 0.29) is 18.0 Å². The highest BCUT2D eigenvalue weighted by Gasteiger charge is 2.25. The van der Waals surface area contributed by atoms with Crippen LogP contribution in [0.1, 0.15) is 43.3 Å². The van der Waals surface area contributed by atoms with E-state index in [0.717, 1.165) is 31.1 Å². The van der Waals surface area contributed by atoms with Gasteiger partial charge in [-0.2, -0.15) is 0 Å². The quantitative estimate of drug-likeness (QED) is 0.764. The molecule has 0 spiro atoms. The number of nitrogen functional groups attached to an aromatic ring is 1. The van der Waals surface area contributed by atoms with Gasteiger partial charge in [-0.05, 0) is 25.7 Å². The third-order valence-corrected chi connectivity index (χ3v) is 4.68. The third-order valence-electron chi connectivity index (χ3n) is 3.55. The van der Waals surface area contributed by atoms with Crippen LogP contribution in [0.4, 0.5) is 10.9 Å². The molecule has 5 N–H and O–H groups in total. The fourth-order valence-corrected chi connectivity index (χ4v) is 3.56. The molecular weight excluding hydrogens is 286 g/mol. The first kappa shape index (κ1) is 16.0. The standard InChI is InChI=1S/C14H25N5OS/c1-8(2)6-9(3)17-13(20)11-12(16)18-14(21-11)19-5-4-10(15)7-19/h8-10H,4-7,15-16H2,1-3H3,(H,17,20). The number of carbonyl (C=O) groups excluding carboxylic acids is 1. The summed E-state index contributed by atoms with van der Waals surface area (Å²) in [6.07, 6.45) is 1.89. The van der Waals surface area contributed by atoms with Crippen LogP contribution in [0.2, 0.25) is 0 Å². The van der Waals surface area contributed by atoms with Gasteiger partial charge in [-0.25, -0.2) is 4.98 Å². The number of nitrogens with zero attached hydrogens (tertiary/aromatic N) is 2. The molecule has 2 rings (SSSR count). The molecule has 1 saturated heterocycles. The Morgan fingerprint density at radius 3 is 2.81 bits per heavy atom. The van der Waals surface area contributed by atoms with E-state index in [4.69, 9.17) is 11.5 Å². The average Bonchev–Trinajstić information content (AvgIpc) is 2.94. The number of carbonyl (C=O) groups is 1. The Labute approximate surface area is 129 Å². The summed E-state index contributed by atoms with van der Waals surface area (Å²) in [7, 11) is 0. The molecule has 1 aliphatic heterocycles. The van der Waals surface area contributed by atoms with E-state index >= 15 is 0 Å². The van der Waals surface area contributed by atoms with E-state index in [1.807, 2.05) is 6.92 Å². The SMILES string of the molecule is CC(C)CC(C)NC(=O)c1sc(N2CCC(N)C2)nc1N. The summed E-state index contributed by atoms with van der Waals surface area (Å²) in [4.78, 5) is 19.2. The number of nitrogens with one attached hydrogen (secondary N) is 1. The molecule has 1 aromatic rings. The van der Waals surface area contributed by atoms with Crippen LogP contribution in [0, 0.1) is 5.92 Å². The van der Waals surface area contributed by atoms with Crippen molar-refractivity contribution in [2.45, 2.75) is 45.7 Å². The molecule has 7 heteroatoms. The number of rotatable bonds is 5. The molecular formula is C14H25N5OS. The molecule has 0 aromatic carbocycles. The predicted octanol–water partition coefficient (Wildman–Crippen LogP) is 1.43. The van der Waals surface area contributed by atoms with E-state index in [0.29, 0.717) is 16.6 Å². The minimum absolute atomic E-state index is 0.127. The van der Waals surface area contributed by atoms with Gasteiger partial charge in [0, 0.05) is 25.2 Å². The molecule has 6 nitrogen and oxygen atoms in total. The van der Waals surface area contributed by atoms with Crippen molar-refractivity contribution in [2.24, 2.45) is 11.7 Å². The van der Waals surface area contributed by atoms with Crippen molar-refractivity contribution in [3.63, 3.8) is 0 Å². The first-order valence-electron chi connectivity index (χ1n) is 7.44. The number of thiazole rings is 1. The lowest BCUT2D eigenvalue weighted by molar-refractivity contribution is 0.0941. The zero-order valence-corrected chi connectivity index (χ0v) is 13.7. The topological polar surface area (TPSA) is 97.3 Å². The summed E-state index contributed by atoms with van der Waals surface area (Å²) < 4.78 is 0. The van der Waals surface area contributed by atoms with Crippen molar-refractivity contribution in [2.75, 3.05) is 23.7 Å². The molecule has 0 radical (unpaired) electrons. The maximum Gasteiger partial charge on any atom is 0.265 e. The highest BCUT2D eigenvalue weighted by atomic mass is 32.1. The molecule has 21 heavy (non-hydrogen) atoms. The first-order chi connectivity index (χ1) is 9.86. The number of hydrogen-bond donors (Lipinski definition) is 3. The average molecular weight is 311 g/mol. The maximum absolute atomic E-state index is 12.3. The summed E-state index contributed by atoms with van der Waals surface area (Å²) >= 11 is 1.35. The second kappa shape index (κ2) is 6.62. The van der Waals surface area contributed by atoms with Gasteiger partial charge >= 0.3 is 0 Å². The summed E-state index contributed by atoms with van der Waals surface area (Å²) in [6.45, 7) is 7.93. The minimum Gasteiger partial charge on any atom is -0.382 e. The number of anilines is 2. The zero-order chi connectivity index (χ0) is 15.6. The van der Waals surface area contributed by atoms with Gasteiger partial charge in [0.25, 0.3) is 5.91 Å². The van der Waals surface area contributed by atoms with Crippen LogP contribution in [0.15, 0.2) is 0 Å². The van der Waals surface area contributed by atoms with E-state index in [9.17, 15) is 4.79 Å². The van der Waals surface area contributed by atoms with Crippen molar-refractivity contribution in [3.8, 4) is 0 Å². The monoisotopic (exact) mass is 311 g/mol. The largest absolute Gasteiger partial charge is 0.382 e. The fraction of sp³-hybridized carbons (Fsp3) is 0.714. The third kappa shape index (κ3) is 4.07. The molecule has 1 fully saturated rings. The Balaban J connectivity index is 2.03. The van der Waals surface area contributed by atoms with Crippen LogP contribution in [0.3, 0.4) is 0 Å². The van der Waals surface area contributed by atoms with Crippen LogP contribution < -0.4 is 21.7 Å². The Morgan fingerprint density at radius 1 is 1.52 bits per heavy atom. The molecule has 2 unspecified atom stereocenters. The summed E-state index contributed by atoms with van der Waals surface area (Å²) in [5, 5.41) is 3.78. The molecule has 118 valence electrons. The van der Waals surface area contributed by atoms with Gasteiger partial charge in [0.1, 0.15) is 10.7 Å². The van der Waals surface area contributed by atoms with Gasteiger partial charge in [-0.15, -0.1) is 0 Å². The van der Waals surface area contributed by atoms with Crippen molar-refractivity contribution >= 4 is 28.2 Å². The molecule has 1 aromatic heterocycles. The van der Waals surface area contributed by atoms with Crippen molar-refractivity contribution in [3.05, 3.63) is 4.88 Å². The summed E-state index contributed by atoms with van der Waals surface area (Å²) in [6, 6.07) is 0.307. The maximum atomic E-state index is 12.3. The Bertz CT molecular complexity index is 502. The van der Waals surface area contributed by atoms with Crippen molar-refractivity contribution in [1.82, 2.24) is 10.3 Å². The van der Waals surface area contributed by atoms with E-state index in [1.54, 1.807) is 0 Å². The molecule has 0 bridgehead atoms. The van der Waals surface area contributed by atoms with E-state index in [2.05, 4.69) is 29.0 Å². The van der Waals surface area contributed by atoms with Crippen LogP contribution in [-0.2, 0) is 0 Å². The highest BCUT2D eigenvalue weighted by molar-refractivity contribution is 7.18. The second-order valence-corrected chi connectivity index (χ2v) is 7.19. The number of amides is 1. The molecule has 2 atom stereocenters. The lowest BCUT2D eigenvalue weighted by atomic mass is 10.1. The van der Waals surface area contributed by atoms with Crippen LogP contribution in [0.5, 0.6) is 0 Å². The fourth-order valence-electron chi connectivity index (χ4n) is 2.63. The van der Waals surface area contributed by atoms with Crippen LogP contribution in [0.25, 0.3) is 0 Å². The second-order valence-electron chi connectivity index (χ2n) is 6.21. The normalized spacial score (nSPS) is 20.0. The van der Waals surface area contributed by atoms with Gasteiger partial charge < -0.3 is 21.7 Å². The number of hydrogen-bond acceptors (Lipinski definition) is 6. The van der Waals surface area contributed by atoms with Crippen molar-refractivity contribution in [1.29, 1.82) is 0 Å². The molecule has 0 aliphatic carbocycles. The Hall–Kier alpha value is -1.34. The smallest absolute Gasteiger partial charge is 0.265 e. The van der Waals surface area contributed by atoms with Crippen molar-refractivity contribution < 1.29 is 4.79 Å². The summed E-state index contributed by atoms with van der Waals surface area (Å²) in [5.41, 5.74) is 11.8. The van der Waals surface area contributed by atoms with Gasteiger partial charge in [0.15, 0.2) is 5.13 Å². The van der Waals surface area contributed by atoms with Gasteiger partial charge in [-0.1, -0.05) is 25.2 Å². The van der Waals surface area contributed by atoms with Crippen LogP contribution in [-0.4, -0.2) is 36.1 Å². The van der Waals surface area contributed by atoms with Gasteiger partial charge in [0.05, 0.1) is 0 Å². The first-order valence-corrected chi connectivity index (χ1v) is 8.26. The number of nitrogens with two attached hydrogens (primary N) is 2. The van der Waals surface area contributed by atoms with E-state index in [1.165, 1.54) is 11.3 Å². The lowest BCUT2D eigenvalue weighted by Gasteiger charge is -2.15. The highest BCUT2D eigenvalue weighted by Crippen LogP contribution is 2.30. The Morgan fingerprint density at radius 2 is 2.24 bits per heavy atom. The molecule has 1 aliphatic rings. The van der Waals surface area contributed by atoms with Crippen LogP contribution >= 0.6 is 11.3 Å². The molecule has 0 saturated carbocycles. The lowest BCUT2D eigenvalue weighted by Crippen LogP contribution is -2.33. The molecule has 1 amide bonds. The van der Waals surface area contributed by atoms with E-state index < -0.39 is 0 Å². The Kier molecular flexibility index (Phi) is 5.05. The molecule has 2 heterocycles. The van der Waals surface area contributed by atoms with Gasteiger partial charge in [-0.3, -0.25) is 4.79 Å². The summed E-state index contributed by atoms with van der Waals surface area (Å²) in [5.74, 6) is 0.721. The minimum atomic E-state index is -0.132. The number of aromatic nitrogens is 1. The van der Waals surface area contributed by atoms with Gasteiger partial charge in [0.2, 0.25) is 0 Å².